The number of fused-ring (bicyclic) bond motifs is 3. The van der Waals surface area contributed by atoms with E-state index in [1.54, 1.807) is 0 Å². The number of aryl methyl sites for hydroxylation is 1. The van der Waals surface area contributed by atoms with Crippen LogP contribution in [0.4, 0.5) is 0 Å². The smallest absolute Gasteiger partial charge is 0.151 e. The Kier molecular flexibility index (Phi) is 4.96. The van der Waals surface area contributed by atoms with Gasteiger partial charge in [-0.15, -0.1) is 11.6 Å². The minimum absolute atomic E-state index is 0.167. The molecule has 0 spiro atoms. The molecule has 0 radical (unpaired) electrons. The van der Waals surface area contributed by atoms with Crippen molar-refractivity contribution in [3.05, 3.63) is 40.0 Å². The Labute approximate surface area is 149 Å². The van der Waals surface area contributed by atoms with Gasteiger partial charge < -0.3 is 4.57 Å². The topological polar surface area (TPSA) is 41.6 Å². The van der Waals surface area contributed by atoms with Crippen molar-refractivity contribution in [3.63, 3.8) is 0 Å². The fourth-order valence-corrected chi connectivity index (χ4v) is 3.42. The van der Waals surface area contributed by atoms with Crippen LogP contribution in [0.25, 0.3) is 21.9 Å². The maximum absolute atomic E-state index is 9.51. The van der Waals surface area contributed by atoms with Gasteiger partial charge in [-0.3, -0.25) is 0 Å². The van der Waals surface area contributed by atoms with Gasteiger partial charge in [-0.05, 0) is 18.9 Å². The number of nitrogens with zero attached hydrogens (tertiary/aromatic N) is 3. The molecule has 0 aliphatic rings. The van der Waals surface area contributed by atoms with Gasteiger partial charge in [0.05, 0.1) is 16.1 Å². The first-order valence-electron chi connectivity index (χ1n) is 7.41. The first-order chi connectivity index (χ1) is 11.2. The van der Waals surface area contributed by atoms with Crippen molar-refractivity contribution in [1.82, 2.24) is 9.55 Å². The molecule has 0 fully saturated rings. The second kappa shape index (κ2) is 6.97. The Morgan fingerprint density at radius 3 is 2.65 bits per heavy atom. The van der Waals surface area contributed by atoms with Gasteiger partial charge in [0.1, 0.15) is 11.7 Å². The third-order valence-corrected chi connectivity index (χ3v) is 4.93. The summed E-state index contributed by atoms with van der Waals surface area (Å²) >= 11 is 18.1. The molecule has 118 valence electrons. The lowest BCUT2D eigenvalue weighted by molar-refractivity contribution is 0.626. The average Bonchev–Trinajstić information content (AvgIpc) is 2.86. The van der Waals surface area contributed by atoms with E-state index in [1.165, 1.54) is 0 Å². The highest BCUT2D eigenvalue weighted by atomic mass is 35.5. The number of alkyl halides is 1. The molecule has 3 nitrogen and oxygen atoms in total. The molecule has 0 bridgehead atoms. The molecule has 3 rings (SSSR count). The fraction of sp³-hybridized carbons (Fsp3) is 0.294. The molecule has 1 aromatic carbocycles. The van der Waals surface area contributed by atoms with Crippen molar-refractivity contribution in [1.29, 1.82) is 5.26 Å². The van der Waals surface area contributed by atoms with Crippen LogP contribution in [0.5, 0.6) is 0 Å². The quantitative estimate of drug-likeness (QED) is 0.326. The standard InChI is InChI=1S/C17H14Cl3N3/c18-8-4-1-5-9-23-13-7-3-2-6-11(13)14-12(10-21)15(19)16(20)22-17(14)23/h2-3,6-7H,1,4-5,8-9H2. The molecule has 0 saturated heterocycles. The number of pyridine rings is 1. The molecule has 3 aromatic rings. The third-order valence-electron chi connectivity index (χ3n) is 3.93. The minimum Gasteiger partial charge on any atom is -0.325 e. The highest BCUT2D eigenvalue weighted by Gasteiger charge is 2.19. The van der Waals surface area contributed by atoms with E-state index < -0.39 is 0 Å². The summed E-state index contributed by atoms with van der Waals surface area (Å²) in [5, 5.41) is 11.6. The Bertz CT molecular complexity index is 909. The van der Waals surface area contributed by atoms with E-state index in [9.17, 15) is 5.26 Å². The second-order valence-electron chi connectivity index (χ2n) is 5.32. The number of aromatic nitrogens is 2. The van der Waals surface area contributed by atoms with E-state index in [0.29, 0.717) is 17.1 Å². The molecule has 0 saturated carbocycles. The zero-order valence-electron chi connectivity index (χ0n) is 12.3. The molecule has 23 heavy (non-hydrogen) atoms. The summed E-state index contributed by atoms with van der Waals surface area (Å²) < 4.78 is 2.11. The van der Waals surface area contributed by atoms with Crippen molar-refractivity contribution in [3.8, 4) is 6.07 Å². The van der Waals surface area contributed by atoms with Gasteiger partial charge in [0.2, 0.25) is 0 Å². The predicted octanol–water partition coefficient (Wildman–Crippen LogP) is 5.78. The number of hydrogen-bond acceptors (Lipinski definition) is 2. The van der Waals surface area contributed by atoms with Gasteiger partial charge in [-0.1, -0.05) is 47.8 Å². The largest absolute Gasteiger partial charge is 0.325 e. The Balaban J connectivity index is 2.25. The molecular formula is C17H14Cl3N3. The van der Waals surface area contributed by atoms with E-state index in [1.807, 2.05) is 24.3 Å². The van der Waals surface area contributed by atoms with Crippen molar-refractivity contribution < 1.29 is 0 Å². The third kappa shape index (κ3) is 2.87. The summed E-state index contributed by atoms with van der Waals surface area (Å²) in [6.45, 7) is 0.802. The average molecular weight is 367 g/mol. The second-order valence-corrected chi connectivity index (χ2v) is 6.43. The van der Waals surface area contributed by atoms with Crippen LogP contribution in [0.3, 0.4) is 0 Å². The maximum atomic E-state index is 9.51. The monoisotopic (exact) mass is 365 g/mol. The summed E-state index contributed by atoms with van der Waals surface area (Å²) in [5.41, 5.74) is 2.14. The molecular weight excluding hydrogens is 353 g/mol. The predicted molar refractivity (Wildman–Crippen MR) is 96.5 cm³/mol. The number of para-hydroxylation sites is 1. The zero-order valence-corrected chi connectivity index (χ0v) is 14.6. The SMILES string of the molecule is N#Cc1c(Cl)c(Cl)nc2c1c1ccccc1n2CCCCCCl. The highest BCUT2D eigenvalue weighted by molar-refractivity contribution is 6.43. The van der Waals surface area contributed by atoms with Crippen LogP contribution in [-0.4, -0.2) is 15.4 Å². The lowest BCUT2D eigenvalue weighted by atomic mass is 10.1. The van der Waals surface area contributed by atoms with E-state index >= 15 is 0 Å². The molecule has 0 aliphatic carbocycles. The molecule has 6 heteroatoms. The van der Waals surface area contributed by atoms with Gasteiger partial charge in [0.15, 0.2) is 5.15 Å². The van der Waals surface area contributed by atoms with Gasteiger partial charge in [-0.2, -0.15) is 5.26 Å². The summed E-state index contributed by atoms with van der Waals surface area (Å²) in [7, 11) is 0. The normalized spacial score (nSPS) is 11.2. The molecule has 0 N–H and O–H groups in total. The van der Waals surface area contributed by atoms with E-state index in [0.717, 1.165) is 42.1 Å². The highest BCUT2D eigenvalue weighted by Crippen LogP contribution is 2.36. The van der Waals surface area contributed by atoms with Gasteiger partial charge >= 0.3 is 0 Å². The van der Waals surface area contributed by atoms with Gasteiger partial charge in [0, 0.05) is 23.2 Å². The van der Waals surface area contributed by atoms with Crippen LogP contribution in [0.1, 0.15) is 24.8 Å². The minimum atomic E-state index is 0.167. The van der Waals surface area contributed by atoms with Crippen molar-refractivity contribution in [2.45, 2.75) is 25.8 Å². The van der Waals surface area contributed by atoms with Crippen LogP contribution < -0.4 is 0 Å². The molecule has 0 amide bonds. The van der Waals surface area contributed by atoms with Crippen LogP contribution in [0.15, 0.2) is 24.3 Å². The number of hydrogen-bond donors (Lipinski definition) is 0. The molecule has 0 aliphatic heterocycles. The number of rotatable bonds is 5. The zero-order chi connectivity index (χ0) is 16.4. The lowest BCUT2D eigenvalue weighted by Crippen LogP contribution is -2.00. The lowest BCUT2D eigenvalue weighted by Gasteiger charge is -2.07. The first-order valence-corrected chi connectivity index (χ1v) is 8.70. The van der Waals surface area contributed by atoms with E-state index in [4.69, 9.17) is 34.8 Å². The Morgan fingerprint density at radius 1 is 1.13 bits per heavy atom. The number of halogens is 3. The maximum Gasteiger partial charge on any atom is 0.151 e. The van der Waals surface area contributed by atoms with Crippen LogP contribution in [0.2, 0.25) is 10.2 Å². The summed E-state index contributed by atoms with van der Waals surface area (Å²) in [4.78, 5) is 4.44. The fourth-order valence-electron chi connectivity index (χ4n) is 2.88. The van der Waals surface area contributed by atoms with E-state index in [-0.39, 0.29) is 10.2 Å². The number of unbranched alkanes of at least 4 members (excludes halogenated alkanes) is 2. The molecule has 0 unspecified atom stereocenters. The van der Waals surface area contributed by atoms with Crippen LogP contribution in [0, 0.1) is 11.3 Å². The van der Waals surface area contributed by atoms with Crippen LogP contribution in [-0.2, 0) is 6.54 Å². The molecule has 0 atom stereocenters. The van der Waals surface area contributed by atoms with Crippen molar-refractivity contribution in [2.75, 3.05) is 5.88 Å². The Hall–Kier alpha value is -1.47. The summed E-state index contributed by atoms with van der Waals surface area (Å²) in [6, 6.07) is 10.1. The van der Waals surface area contributed by atoms with Crippen LogP contribution >= 0.6 is 34.8 Å². The molecule has 2 heterocycles. The molecule has 2 aromatic heterocycles. The van der Waals surface area contributed by atoms with E-state index in [2.05, 4.69) is 15.6 Å². The number of nitriles is 1. The summed E-state index contributed by atoms with van der Waals surface area (Å²) in [6.07, 6.45) is 3.02. The first kappa shape index (κ1) is 16.4. The van der Waals surface area contributed by atoms with Crippen molar-refractivity contribution in [2.24, 2.45) is 0 Å². The van der Waals surface area contributed by atoms with Crippen molar-refractivity contribution >= 4 is 56.7 Å². The number of benzene rings is 1. The summed E-state index contributed by atoms with van der Waals surface area (Å²) in [5.74, 6) is 0.672. The van der Waals surface area contributed by atoms with Gasteiger partial charge in [0.25, 0.3) is 0 Å². The Morgan fingerprint density at radius 2 is 1.91 bits per heavy atom. The van der Waals surface area contributed by atoms with Gasteiger partial charge in [-0.25, -0.2) is 4.98 Å².